The molecule has 0 aromatic carbocycles. The summed E-state index contributed by atoms with van der Waals surface area (Å²) in [6, 6.07) is 0. The number of carbonyl (C=O) groups excluding carboxylic acids is 1. The van der Waals surface area contributed by atoms with Crippen LogP contribution in [0.2, 0.25) is 0 Å². The second kappa shape index (κ2) is 7.10. The maximum absolute atomic E-state index is 12.8. The molecule has 2 saturated heterocycles. The number of nitrogens with zero attached hydrogens (tertiary/aromatic N) is 4. The molecule has 1 aromatic rings. The Morgan fingerprint density at radius 3 is 2.52 bits per heavy atom. The van der Waals surface area contributed by atoms with Gasteiger partial charge in [-0.05, 0) is 68.5 Å². The van der Waals surface area contributed by atoms with E-state index in [9.17, 15) is 4.79 Å². The Balaban J connectivity index is 1.22. The van der Waals surface area contributed by atoms with Crippen LogP contribution in [0.5, 0.6) is 0 Å². The lowest BCUT2D eigenvalue weighted by Gasteiger charge is -2.37. The van der Waals surface area contributed by atoms with Gasteiger partial charge in [0.05, 0.1) is 6.20 Å². The number of carbonyl (C=O) groups is 1. The lowest BCUT2D eigenvalue weighted by Crippen LogP contribution is -2.43. The highest BCUT2D eigenvalue weighted by Gasteiger charge is 2.46. The minimum atomic E-state index is 0.212. The van der Waals surface area contributed by atoms with Gasteiger partial charge in [-0.15, -0.1) is 0 Å². The second-order valence-corrected chi connectivity index (χ2v) is 8.65. The van der Waals surface area contributed by atoms with Gasteiger partial charge in [-0.3, -0.25) is 9.48 Å². The largest absolute Gasteiger partial charge is 0.342 e. The van der Waals surface area contributed by atoms with Crippen molar-refractivity contribution in [1.29, 1.82) is 0 Å². The average molecular weight is 345 g/mol. The molecule has 25 heavy (non-hydrogen) atoms. The summed E-state index contributed by atoms with van der Waals surface area (Å²) in [5.74, 6) is 2.70. The molecule has 1 amide bonds. The van der Waals surface area contributed by atoms with E-state index in [1.165, 1.54) is 50.9 Å². The number of aromatic nitrogens is 2. The molecule has 0 radical (unpaired) electrons. The molecule has 1 aliphatic carbocycles. The summed E-state index contributed by atoms with van der Waals surface area (Å²) in [4.78, 5) is 17.6. The third-order valence-corrected chi connectivity index (χ3v) is 6.58. The molecule has 4 rings (SSSR count). The Kier molecular flexibility index (Phi) is 4.85. The van der Waals surface area contributed by atoms with Gasteiger partial charge in [0.1, 0.15) is 0 Å². The molecule has 2 aliphatic heterocycles. The summed E-state index contributed by atoms with van der Waals surface area (Å²) in [6.07, 6.45) is 10.1. The van der Waals surface area contributed by atoms with Crippen LogP contribution in [0.25, 0.3) is 0 Å². The van der Waals surface area contributed by atoms with Crippen molar-refractivity contribution in [3.8, 4) is 0 Å². The van der Waals surface area contributed by atoms with Crippen molar-refractivity contribution >= 4 is 5.91 Å². The van der Waals surface area contributed by atoms with Crippen LogP contribution in [0.1, 0.15) is 50.5 Å². The summed E-state index contributed by atoms with van der Waals surface area (Å²) in [5, 5.41) is 4.24. The van der Waals surface area contributed by atoms with Crippen molar-refractivity contribution < 1.29 is 4.79 Å². The van der Waals surface area contributed by atoms with E-state index in [1.54, 1.807) is 0 Å². The molecule has 3 aliphatic rings. The monoisotopic (exact) mass is 344 g/mol. The molecule has 5 heteroatoms. The van der Waals surface area contributed by atoms with E-state index in [-0.39, 0.29) is 5.92 Å². The molecule has 138 valence electrons. The molecular weight excluding hydrogens is 312 g/mol. The van der Waals surface area contributed by atoms with Gasteiger partial charge in [-0.2, -0.15) is 5.10 Å². The first-order chi connectivity index (χ1) is 12.1. The molecular formula is C20H32N4O. The maximum atomic E-state index is 12.8. The van der Waals surface area contributed by atoms with Gasteiger partial charge >= 0.3 is 0 Å². The average Bonchev–Trinajstić information content (AvgIpc) is 3.31. The third kappa shape index (κ3) is 3.91. The molecule has 2 atom stereocenters. The Bertz CT molecular complexity index is 597. The zero-order chi connectivity index (χ0) is 17.4. The Morgan fingerprint density at radius 2 is 1.88 bits per heavy atom. The van der Waals surface area contributed by atoms with Gasteiger partial charge in [0, 0.05) is 38.8 Å². The van der Waals surface area contributed by atoms with Crippen molar-refractivity contribution in [2.24, 2.45) is 24.8 Å². The van der Waals surface area contributed by atoms with Gasteiger partial charge in [0.2, 0.25) is 5.91 Å². The minimum Gasteiger partial charge on any atom is -0.342 e. The minimum absolute atomic E-state index is 0.212. The molecule has 1 saturated carbocycles. The van der Waals surface area contributed by atoms with E-state index >= 15 is 0 Å². The first-order valence-electron chi connectivity index (χ1n) is 10.1. The fourth-order valence-corrected chi connectivity index (χ4v) is 4.65. The number of piperidine rings is 2. The quantitative estimate of drug-likeness (QED) is 0.843. The number of likely N-dealkylation sites (tertiary alicyclic amines) is 2. The molecule has 0 bridgehead atoms. The van der Waals surface area contributed by atoms with Crippen molar-refractivity contribution in [3.05, 3.63) is 18.0 Å². The summed E-state index contributed by atoms with van der Waals surface area (Å²) in [7, 11) is 1.94. The van der Waals surface area contributed by atoms with Crippen LogP contribution >= 0.6 is 0 Å². The summed E-state index contributed by atoms with van der Waals surface area (Å²) >= 11 is 0. The number of rotatable bonds is 4. The van der Waals surface area contributed by atoms with Crippen molar-refractivity contribution in [2.45, 2.75) is 44.9 Å². The van der Waals surface area contributed by atoms with Crippen LogP contribution in [0.3, 0.4) is 0 Å². The highest BCUT2D eigenvalue weighted by atomic mass is 16.2. The fraction of sp³-hybridized carbons (Fsp3) is 0.800. The lowest BCUT2D eigenvalue weighted by atomic mass is 9.93. The van der Waals surface area contributed by atoms with Gasteiger partial charge in [-0.25, -0.2) is 0 Å². The zero-order valence-electron chi connectivity index (χ0n) is 15.7. The van der Waals surface area contributed by atoms with E-state index in [0.717, 1.165) is 31.3 Å². The predicted octanol–water partition coefficient (Wildman–Crippen LogP) is 2.49. The lowest BCUT2D eigenvalue weighted by molar-refractivity contribution is -0.134. The standard InChI is InChI=1S/C20H32N4O/c1-15-3-7-23(8-4-15)13-16-5-9-24(10-6-16)20(25)19-11-18(19)17-12-21-22(2)14-17/h12,14-16,18-19H,3-11,13H2,1-2H3. The van der Waals surface area contributed by atoms with E-state index in [2.05, 4.69) is 28.0 Å². The molecule has 3 heterocycles. The number of hydrogen-bond acceptors (Lipinski definition) is 3. The molecule has 1 aromatic heterocycles. The van der Waals surface area contributed by atoms with E-state index in [4.69, 9.17) is 0 Å². The SMILES string of the molecule is CC1CCN(CC2CCN(C(=O)C3CC3c3cnn(C)c3)CC2)CC1. The van der Waals surface area contributed by atoms with E-state index in [0.29, 0.717) is 11.8 Å². The highest BCUT2D eigenvalue weighted by Crippen LogP contribution is 2.48. The maximum Gasteiger partial charge on any atom is 0.226 e. The van der Waals surface area contributed by atoms with Crippen LogP contribution in [0.15, 0.2) is 12.4 Å². The Labute approximate surface area is 151 Å². The van der Waals surface area contributed by atoms with Crippen LogP contribution in [0, 0.1) is 17.8 Å². The van der Waals surface area contributed by atoms with E-state index in [1.807, 2.05) is 17.9 Å². The molecule has 0 spiro atoms. The van der Waals surface area contributed by atoms with Crippen LogP contribution in [0.4, 0.5) is 0 Å². The first-order valence-corrected chi connectivity index (χ1v) is 10.1. The van der Waals surface area contributed by atoms with Crippen LogP contribution < -0.4 is 0 Å². The smallest absolute Gasteiger partial charge is 0.226 e. The number of aryl methyl sites for hydroxylation is 1. The van der Waals surface area contributed by atoms with Gasteiger partial charge in [0.15, 0.2) is 0 Å². The number of amides is 1. The topological polar surface area (TPSA) is 41.4 Å². The molecule has 3 fully saturated rings. The number of hydrogen-bond donors (Lipinski definition) is 0. The van der Waals surface area contributed by atoms with Gasteiger partial charge in [-0.1, -0.05) is 6.92 Å². The van der Waals surface area contributed by atoms with Gasteiger partial charge < -0.3 is 9.80 Å². The predicted molar refractivity (Wildman–Crippen MR) is 98.2 cm³/mol. The van der Waals surface area contributed by atoms with Crippen molar-refractivity contribution in [3.63, 3.8) is 0 Å². The van der Waals surface area contributed by atoms with Crippen LogP contribution in [-0.2, 0) is 11.8 Å². The van der Waals surface area contributed by atoms with E-state index < -0.39 is 0 Å². The third-order valence-electron chi connectivity index (χ3n) is 6.58. The van der Waals surface area contributed by atoms with Gasteiger partial charge in [0.25, 0.3) is 0 Å². The highest BCUT2D eigenvalue weighted by molar-refractivity contribution is 5.83. The summed E-state index contributed by atoms with van der Waals surface area (Å²) in [5.41, 5.74) is 1.23. The Hall–Kier alpha value is -1.36. The molecule has 2 unspecified atom stereocenters. The first kappa shape index (κ1) is 17.1. The zero-order valence-corrected chi connectivity index (χ0v) is 15.7. The molecule has 0 N–H and O–H groups in total. The summed E-state index contributed by atoms with van der Waals surface area (Å²) < 4.78 is 1.84. The van der Waals surface area contributed by atoms with Crippen LogP contribution in [-0.4, -0.2) is 58.2 Å². The normalized spacial score (nSPS) is 29.1. The van der Waals surface area contributed by atoms with Crippen molar-refractivity contribution in [2.75, 3.05) is 32.7 Å². The summed E-state index contributed by atoms with van der Waals surface area (Å²) in [6.45, 7) is 8.09. The van der Waals surface area contributed by atoms with Crippen molar-refractivity contribution in [1.82, 2.24) is 19.6 Å². The second-order valence-electron chi connectivity index (χ2n) is 8.65. The Morgan fingerprint density at radius 1 is 1.16 bits per heavy atom. The fourth-order valence-electron chi connectivity index (χ4n) is 4.65. The molecule has 5 nitrogen and oxygen atoms in total.